The Hall–Kier alpha value is -2.00. The molecule has 0 fully saturated rings. The summed E-state index contributed by atoms with van der Waals surface area (Å²) in [4.78, 5) is 4.47. The number of hydrogen-bond donors (Lipinski definition) is 2. The second-order valence-electron chi connectivity index (χ2n) is 5.60. The van der Waals surface area contributed by atoms with Crippen LogP contribution in [0, 0.1) is 0 Å². The van der Waals surface area contributed by atoms with Gasteiger partial charge < -0.3 is 10.6 Å². The Bertz CT molecular complexity index is 559. The molecule has 0 aliphatic carbocycles. The molecule has 0 aromatic heterocycles. The third-order valence-electron chi connectivity index (χ3n) is 4.03. The van der Waals surface area contributed by atoms with Crippen molar-refractivity contribution in [3.05, 3.63) is 71.8 Å². The smallest absolute Gasteiger partial charge is 0.191 e. The molecule has 2 aromatic rings. The SMILES string of the molecule is Cl.c1ccc(C(CCNC2=NCCCN2)c2ccccc2)cc1. The molecule has 0 bridgehead atoms. The zero-order valence-electron chi connectivity index (χ0n) is 13.2. The standard InChI is InChI=1S/C19H23N3.ClH/c1-3-8-16(9-4-1)18(17-10-5-2-6-11-17)12-15-22-19-20-13-7-14-21-19;/h1-6,8-11,18H,7,12-15H2,(H2,20,21,22);1H. The second-order valence-corrected chi connectivity index (χ2v) is 5.60. The van der Waals surface area contributed by atoms with Gasteiger partial charge >= 0.3 is 0 Å². The van der Waals surface area contributed by atoms with Crippen LogP contribution in [0.1, 0.15) is 29.9 Å². The lowest BCUT2D eigenvalue weighted by atomic mass is 9.88. The van der Waals surface area contributed by atoms with Crippen LogP contribution in [0.15, 0.2) is 65.7 Å². The number of rotatable bonds is 5. The molecule has 23 heavy (non-hydrogen) atoms. The van der Waals surface area contributed by atoms with E-state index in [0.29, 0.717) is 5.92 Å². The third kappa shape index (κ3) is 5.00. The summed E-state index contributed by atoms with van der Waals surface area (Å²) in [7, 11) is 0. The molecule has 0 atom stereocenters. The van der Waals surface area contributed by atoms with Crippen LogP contribution in [0.3, 0.4) is 0 Å². The van der Waals surface area contributed by atoms with E-state index in [1.54, 1.807) is 0 Å². The molecule has 0 saturated carbocycles. The first-order chi connectivity index (χ1) is 10.9. The van der Waals surface area contributed by atoms with Crippen molar-refractivity contribution in [3.8, 4) is 0 Å². The predicted octanol–water partition coefficient (Wildman–Crippen LogP) is 3.57. The zero-order chi connectivity index (χ0) is 15.0. The fourth-order valence-electron chi connectivity index (χ4n) is 2.88. The van der Waals surface area contributed by atoms with E-state index in [4.69, 9.17) is 0 Å². The maximum absolute atomic E-state index is 4.47. The van der Waals surface area contributed by atoms with Gasteiger partial charge in [-0.3, -0.25) is 4.99 Å². The van der Waals surface area contributed by atoms with E-state index in [1.807, 2.05) is 0 Å². The van der Waals surface area contributed by atoms with Crippen molar-refractivity contribution in [2.24, 2.45) is 4.99 Å². The van der Waals surface area contributed by atoms with Crippen LogP contribution in [-0.2, 0) is 0 Å². The van der Waals surface area contributed by atoms with Gasteiger partial charge in [0.15, 0.2) is 5.96 Å². The molecular weight excluding hydrogens is 306 g/mol. The highest BCUT2D eigenvalue weighted by atomic mass is 35.5. The summed E-state index contributed by atoms with van der Waals surface area (Å²) in [6.45, 7) is 2.86. The maximum Gasteiger partial charge on any atom is 0.191 e. The topological polar surface area (TPSA) is 36.4 Å². The van der Waals surface area contributed by atoms with Crippen molar-refractivity contribution in [3.63, 3.8) is 0 Å². The minimum absolute atomic E-state index is 0. The summed E-state index contributed by atoms with van der Waals surface area (Å²) in [6, 6.07) is 21.5. The van der Waals surface area contributed by atoms with Crippen molar-refractivity contribution in [1.82, 2.24) is 10.6 Å². The van der Waals surface area contributed by atoms with Gasteiger partial charge in [-0.05, 0) is 24.0 Å². The molecule has 1 aliphatic rings. The average molecular weight is 330 g/mol. The second kappa shape index (κ2) is 9.21. The molecule has 1 aliphatic heterocycles. The molecular formula is C19H24ClN3. The molecule has 0 amide bonds. The maximum atomic E-state index is 4.47. The number of benzene rings is 2. The molecule has 122 valence electrons. The molecule has 2 N–H and O–H groups in total. The molecule has 1 heterocycles. The quantitative estimate of drug-likeness (QED) is 0.879. The van der Waals surface area contributed by atoms with E-state index >= 15 is 0 Å². The summed E-state index contributed by atoms with van der Waals surface area (Å²) >= 11 is 0. The Kier molecular flexibility index (Phi) is 6.95. The monoisotopic (exact) mass is 329 g/mol. The molecule has 0 saturated heterocycles. The normalized spacial score (nSPS) is 13.7. The Morgan fingerprint density at radius 1 is 0.957 bits per heavy atom. The van der Waals surface area contributed by atoms with E-state index < -0.39 is 0 Å². The predicted molar refractivity (Wildman–Crippen MR) is 99.5 cm³/mol. The number of guanidine groups is 1. The number of aliphatic imine (C=N–C) groups is 1. The van der Waals surface area contributed by atoms with Gasteiger partial charge in [0.05, 0.1) is 0 Å². The van der Waals surface area contributed by atoms with Gasteiger partial charge in [-0.2, -0.15) is 0 Å². The summed E-state index contributed by atoms with van der Waals surface area (Å²) in [5.41, 5.74) is 2.74. The van der Waals surface area contributed by atoms with E-state index in [2.05, 4.69) is 76.3 Å². The van der Waals surface area contributed by atoms with Crippen molar-refractivity contribution >= 4 is 18.4 Å². The van der Waals surface area contributed by atoms with Gasteiger partial charge in [-0.15, -0.1) is 12.4 Å². The minimum Gasteiger partial charge on any atom is -0.356 e. The summed E-state index contributed by atoms with van der Waals surface area (Å²) in [5.74, 6) is 1.37. The zero-order valence-corrected chi connectivity index (χ0v) is 14.1. The highest BCUT2D eigenvalue weighted by molar-refractivity contribution is 5.85. The van der Waals surface area contributed by atoms with E-state index in [1.165, 1.54) is 11.1 Å². The first-order valence-electron chi connectivity index (χ1n) is 8.05. The van der Waals surface area contributed by atoms with Crippen molar-refractivity contribution in [2.75, 3.05) is 19.6 Å². The molecule has 2 aromatic carbocycles. The first-order valence-corrected chi connectivity index (χ1v) is 8.05. The Balaban J connectivity index is 0.00000192. The van der Waals surface area contributed by atoms with Gasteiger partial charge in [0.1, 0.15) is 0 Å². The molecule has 0 unspecified atom stereocenters. The van der Waals surface area contributed by atoms with Crippen LogP contribution in [0.5, 0.6) is 0 Å². The van der Waals surface area contributed by atoms with Crippen LogP contribution in [0.4, 0.5) is 0 Å². The summed E-state index contributed by atoms with van der Waals surface area (Å²) in [6.07, 6.45) is 2.18. The first kappa shape index (κ1) is 17.4. The Morgan fingerprint density at radius 2 is 1.57 bits per heavy atom. The minimum atomic E-state index is 0. The lowest BCUT2D eigenvalue weighted by Crippen LogP contribution is -2.41. The number of halogens is 1. The highest BCUT2D eigenvalue weighted by Gasteiger charge is 2.14. The van der Waals surface area contributed by atoms with Gasteiger partial charge in [-0.1, -0.05) is 60.7 Å². The van der Waals surface area contributed by atoms with Crippen LogP contribution >= 0.6 is 12.4 Å². The van der Waals surface area contributed by atoms with Crippen molar-refractivity contribution in [1.29, 1.82) is 0 Å². The van der Waals surface area contributed by atoms with Crippen LogP contribution in [0.25, 0.3) is 0 Å². The summed E-state index contributed by atoms with van der Waals surface area (Å²) in [5, 5.41) is 6.74. The van der Waals surface area contributed by atoms with Crippen LogP contribution in [-0.4, -0.2) is 25.6 Å². The lowest BCUT2D eigenvalue weighted by molar-refractivity contribution is 0.656. The molecule has 3 nitrogen and oxygen atoms in total. The Labute approximate surface area is 144 Å². The highest BCUT2D eigenvalue weighted by Crippen LogP contribution is 2.27. The summed E-state index contributed by atoms with van der Waals surface area (Å²) < 4.78 is 0. The fraction of sp³-hybridized carbons (Fsp3) is 0.316. The number of nitrogens with zero attached hydrogens (tertiary/aromatic N) is 1. The van der Waals surface area contributed by atoms with Gasteiger partial charge in [0, 0.05) is 25.6 Å². The lowest BCUT2D eigenvalue weighted by Gasteiger charge is -2.20. The number of nitrogens with one attached hydrogen (secondary N) is 2. The van der Waals surface area contributed by atoms with Gasteiger partial charge in [0.2, 0.25) is 0 Å². The van der Waals surface area contributed by atoms with Gasteiger partial charge in [0.25, 0.3) is 0 Å². The number of hydrogen-bond acceptors (Lipinski definition) is 3. The largest absolute Gasteiger partial charge is 0.356 e. The Morgan fingerprint density at radius 3 is 2.09 bits per heavy atom. The fourth-order valence-corrected chi connectivity index (χ4v) is 2.88. The van der Waals surface area contributed by atoms with Gasteiger partial charge in [-0.25, -0.2) is 0 Å². The van der Waals surface area contributed by atoms with Crippen molar-refractivity contribution < 1.29 is 0 Å². The molecule has 4 heteroatoms. The van der Waals surface area contributed by atoms with Crippen molar-refractivity contribution in [2.45, 2.75) is 18.8 Å². The molecule has 3 rings (SSSR count). The van der Waals surface area contributed by atoms with E-state index in [-0.39, 0.29) is 12.4 Å². The molecule has 0 spiro atoms. The average Bonchev–Trinajstić information content (AvgIpc) is 2.61. The van der Waals surface area contributed by atoms with E-state index in [0.717, 1.165) is 38.4 Å². The van der Waals surface area contributed by atoms with Crippen LogP contribution in [0.2, 0.25) is 0 Å². The van der Waals surface area contributed by atoms with Crippen LogP contribution < -0.4 is 10.6 Å². The third-order valence-corrected chi connectivity index (χ3v) is 4.03. The molecule has 0 radical (unpaired) electrons. The van der Waals surface area contributed by atoms with E-state index in [9.17, 15) is 0 Å².